The van der Waals surface area contributed by atoms with E-state index in [1.807, 2.05) is 35.7 Å². The van der Waals surface area contributed by atoms with Crippen LogP contribution >= 0.6 is 23.1 Å². The first kappa shape index (κ1) is 14.2. The van der Waals surface area contributed by atoms with E-state index in [0.29, 0.717) is 6.54 Å². The lowest BCUT2D eigenvalue weighted by molar-refractivity contribution is 0.413. The van der Waals surface area contributed by atoms with Crippen molar-refractivity contribution in [3.63, 3.8) is 0 Å². The van der Waals surface area contributed by atoms with Gasteiger partial charge in [-0.05, 0) is 29.6 Å². The van der Waals surface area contributed by atoms with Gasteiger partial charge in [-0.3, -0.25) is 9.36 Å². The van der Waals surface area contributed by atoms with Crippen molar-refractivity contribution in [2.24, 2.45) is 0 Å². The molecule has 4 nitrogen and oxygen atoms in total. The highest BCUT2D eigenvalue weighted by Gasteiger charge is 2.05. The fraction of sp³-hybridized carbons (Fsp3) is 0.200. The number of aromatic nitrogens is 2. The largest absolute Gasteiger partial charge is 0.497 e. The number of ether oxygens (including phenoxy) is 1. The number of benzene rings is 1. The van der Waals surface area contributed by atoms with Crippen LogP contribution in [0.3, 0.4) is 0 Å². The number of hydrogen-bond donors (Lipinski definition) is 0. The monoisotopic (exact) mass is 318 g/mol. The topological polar surface area (TPSA) is 44.1 Å². The molecule has 2 aromatic heterocycles. The van der Waals surface area contributed by atoms with Gasteiger partial charge in [-0.2, -0.15) is 0 Å². The molecule has 0 N–H and O–H groups in total. The van der Waals surface area contributed by atoms with Crippen LogP contribution in [0.2, 0.25) is 0 Å². The van der Waals surface area contributed by atoms with Crippen LogP contribution in [0, 0.1) is 0 Å². The zero-order chi connectivity index (χ0) is 14.7. The zero-order valence-electron chi connectivity index (χ0n) is 11.5. The second-order valence-electron chi connectivity index (χ2n) is 4.41. The van der Waals surface area contributed by atoms with E-state index in [0.717, 1.165) is 26.6 Å². The van der Waals surface area contributed by atoms with E-state index in [9.17, 15) is 4.79 Å². The Hall–Kier alpha value is -1.79. The van der Waals surface area contributed by atoms with Crippen LogP contribution < -0.4 is 10.3 Å². The molecule has 108 valence electrons. The summed E-state index contributed by atoms with van der Waals surface area (Å²) in [5.74, 6) is 1.66. The maximum atomic E-state index is 12.2. The minimum atomic E-state index is 0.0428. The Labute approximate surface area is 130 Å². The van der Waals surface area contributed by atoms with Crippen molar-refractivity contribution >= 4 is 33.3 Å². The minimum absolute atomic E-state index is 0.0428. The molecule has 0 aliphatic rings. The summed E-state index contributed by atoms with van der Waals surface area (Å²) in [4.78, 5) is 17.7. The van der Waals surface area contributed by atoms with Crippen molar-refractivity contribution in [1.29, 1.82) is 0 Å². The second kappa shape index (κ2) is 6.32. The van der Waals surface area contributed by atoms with Gasteiger partial charge in [0.15, 0.2) is 0 Å². The molecule has 0 saturated carbocycles. The maximum Gasteiger partial charge on any atom is 0.271 e. The third kappa shape index (κ3) is 3.11. The molecule has 0 spiro atoms. The quantitative estimate of drug-likeness (QED) is 0.677. The number of methoxy groups -OCH3 is 1. The molecule has 0 fully saturated rings. The van der Waals surface area contributed by atoms with Gasteiger partial charge < -0.3 is 4.74 Å². The molecule has 2 heterocycles. The summed E-state index contributed by atoms with van der Waals surface area (Å²) >= 11 is 3.14. The summed E-state index contributed by atoms with van der Waals surface area (Å²) < 4.78 is 7.60. The molecule has 0 radical (unpaired) electrons. The Balaban J connectivity index is 1.69. The fourth-order valence-electron chi connectivity index (χ4n) is 1.99. The van der Waals surface area contributed by atoms with Crippen LogP contribution in [0.5, 0.6) is 5.75 Å². The highest BCUT2D eigenvalue weighted by molar-refractivity contribution is 7.99. The van der Waals surface area contributed by atoms with E-state index >= 15 is 0 Å². The molecule has 0 amide bonds. The van der Waals surface area contributed by atoms with Crippen LogP contribution in [-0.2, 0) is 6.54 Å². The minimum Gasteiger partial charge on any atom is -0.497 e. The Morgan fingerprint density at radius 3 is 3.14 bits per heavy atom. The number of thioether (sulfide) groups is 1. The lowest BCUT2D eigenvalue weighted by Crippen LogP contribution is -2.20. The molecule has 3 aromatic rings. The average molecular weight is 318 g/mol. The number of fused-ring (bicyclic) bond motifs is 1. The van der Waals surface area contributed by atoms with Gasteiger partial charge in [-0.1, -0.05) is 6.07 Å². The number of nitrogens with zero attached hydrogens (tertiary/aromatic N) is 2. The molecule has 6 heteroatoms. The van der Waals surface area contributed by atoms with Crippen LogP contribution in [0.1, 0.15) is 0 Å². The summed E-state index contributed by atoms with van der Waals surface area (Å²) in [5, 5.41) is 1.90. The lowest BCUT2D eigenvalue weighted by Gasteiger charge is -2.06. The third-order valence-corrected chi connectivity index (χ3v) is 4.94. The van der Waals surface area contributed by atoms with Crippen LogP contribution in [0.25, 0.3) is 10.2 Å². The average Bonchev–Trinajstić information content (AvgIpc) is 2.99. The Morgan fingerprint density at radius 2 is 2.29 bits per heavy atom. The van der Waals surface area contributed by atoms with Gasteiger partial charge in [0.2, 0.25) is 0 Å². The Bertz CT molecular complexity index is 811. The van der Waals surface area contributed by atoms with E-state index in [2.05, 4.69) is 4.98 Å². The molecule has 1 aromatic carbocycles. The van der Waals surface area contributed by atoms with Gasteiger partial charge in [0.25, 0.3) is 5.56 Å². The number of rotatable bonds is 5. The summed E-state index contributed by atoms with van der Waals surface area (Å²) in [6, 6.07) is 9.79. The third-order valence-electron chi connectivity index (χ3n) is 3.08. The van der Waals surface area contributed by atoms with Crippen LogP contribution in [0.4, 0.5) is 0 Å². The first-order valence-corrected chi connectivity index (χ1v) is 8.34. The van der Waals surface area contributed by atoms with E-state index in [1.165, 1.54) is 11.3 Å². The maximum absolute atomic E-state index is 12.2. The van der Waals surface area contributed by atoms with Gasteiger partial charge in [-0.25, -0.2) is 4.98 Å². The summed E-state index contributed by atoms with van der Waals surface area (Å²) in [6.45, 7) is 0.640. The standard InChI is InChI=1S/C15H14N2O2S2/c1-19-11-3-2-4-12(9-11)20-8-6-17-10-16-13-5-7-21-14(13)15(17)18/h2-5,7,9-10H,6,8H2,1H3. The van der Waals surface area contributed by atoms with Crippen LogP contribution in [0.15, 0.2) is 51.7 Å². The number of aryl methyl sites for hydroxylation is 1. The Kier molecular flexibility index (Phi) is 4.26. The van der Waals surface area contributed by atoms with E-state index in [1.54, 1.807) is 29.8 Å². The second-order valence-corrected chi connectivity index (χ2v) is 6.49. The highest BCUT2D eigenvalue weighted by atomic mass is 32.2. The lowest BCUT2D eigenvalue weighted by atomic mass is 10.3. The summed E-state index contributed by atoms with van der Waals surface area (Å²) in [5.41, 5.74) is 0.822. The van der Waals surface area contributed by atoms with Crippen molar-refractivity contribution in [3.8, 4) is 5.75 Å². The molecule has 0 atom stereocenters. The predicted molar refractivity (Wildman–Crippen MR) is 87.6 cm³/mol. The predicted octanol–water partition coefficient (Wildman–Crippen LogP) is 3.26. The van der Waals surface area contributed by atoms with E-state index < -0.39 is 0 Å². The highest BCUT2D eigenvalue weighted by Crippen LogP contribution is 2.22. The van der Waals surface area contributed by atoms with Gasteiger partial charge in [-0.15, -0.1) is 23.1 Å². The molecular weight excluding hydrogens is 304 g/mol. The van der Waals surface area contributed by atoms with Gasteiger partial charge in [0.1, 0.15) is 10.4 Å². The Morgan fingerprint density at radius 1 is 1.38 bits per heavy atom. The fourth-order valence-corrected chi connectivity index (χ4v) is 3.68. The SMILES string of the molecule is COc1cccc(SCCn2cnc3ccsc3c2=O)c1. The van der Waals surface area contributed by atoms with Crippen molar-refractivity contribution in [2.45, 2.75) is 11.4 Å². The first-order valence-electron chi connectivity index (χ1n) is 6.47. The molecule has 0 aliphatic carbocycles. The first-order chi connectivity index (χ1) is 10.3. The van der Waals surface area contributed by atoms with Crippen molar-refractivity contribution in [3.05, 3.63) is 52.4 Å². The van der Waals surface area contributed by atoms with Gasteiger partial charge in [0, 0.05) is 17.2 Å². The molecular formula is C15H14N2O2S2. The molecule has 0 unspecified atom stereocenters. The summed E-state index contributed by atoms with van der Waals surface area (Å²) in [6.07, 6.45) is 1.63. The smallest absolute Gasteiger partial charge is 0.271 e. The van der Waals surface area contributed by atoms with Crippen molar-refractivity contribution in [2.75, 3.05) is 12.9 Å². The normalized spacial score (nSPS) is 10.9. The number of thiophene rings is 1. The molecule has 0 aliphatic heterocycles. The van der Waals surface area contributed by atoms with Crippen molar-refractivity contribution < 1.29 is 4.74 Å². The van der Waals surface area contributed by atoms with Crippen LogP contribution in [-0.4, -0.2) is 22.4 Å². The van der Waals surface area contributed by atoms with E-state index in [-0.39, 0.29) is 5.56 Å². The molecule has 0 saturated heterocycles. The number of hydrogen-bond acceptors (Lipinski definition) is 5. The molecule has 21 heavy (non-hydrogen) atoms. The molecule has 3 rings (SSSR count). The van der Waals surface area contributed by atoms with Crippen molar-refractivity contribution in [1.82, 2.24) is 9.55 Å². The van der Waals surface area contributed by atoms with Gasteiger partial charge in [0.05, 0.1) is 19.0 Å². The summed E-state index contributed by atoms with van der Waals surface area (Å²) in [7, 11) is 1.66. The zero-order valence-corrected chi connectivity index (χ0v) is 13.1. The van der Waals surface area contributed by atoms with Gasteiger partial charge >= 0.3 is 0 Å². The van der Waals surface area contributed by atoms with E-state index in [4.69, 9.17) is 4.74 Å². The molecule has 0 bridgehead atoms.